The highest BCUT2D eigenvalue weighted by Crippen LogP contribution is 2.35. The van der Waals surface area contributed by atoms with Crippen molar-refractivity contribution in [1.82, 2.24) is 9.97 Å². The van der Waals surface area contributed by atoms with Gasteiger partial charge in [-0.15, -0.1) is 0 Å². The molecule has 186 valence electrons. The smallest absolute Gasteiger partial charge is 0.258 e. The van der Waals surface area contributed by atoms with Crippen molar-refractivity contribution in [3.05, 3.63) is 98.8 Å². The van der Waals surface area contributed by atoms with Crippen LogP contribution in [0.3, 0.4) is 0 Å². The van der Waals surface area contributed by atoms with Crippen LogP contribution in [-0.2, 0) is 9.59 Å². The summed E-state index contributed by atoms with van der Waals surface area (Å²) >= 11 is 13.6. The fraction of sp³-hybridized carbons (Fsp3) is 0.0769. The summed E-state index contributed by atoms with van der Waals surface area (Å²) < 4.78 is 0. The normalized spacial score (nSPS) is 14.4. The molecule has 1 aromatic heterocycles. The van der Waals surface area contributed by atoms with Crippen LogP contribution >= 0.6 is 35.0 Å². The topological polar surface area (TPSA) is 116 Å². The molecule has 0 fully saturated rings. The minimum absolute atomic E-state index is 0.0136. The number of hydrogen-bond acceptors (Lipinski definition) is 6. The van der Waals surface area contributed by atoms with E-state index in [9.17, 15) is 14.4 Å². The molecular weight excluding hydrogens is 533 g/mol. The molecule has 4 N–H and O–H groups in total. The van der Waals surface area contributed by atoms with Crippen LogP contribution < -0.4 is 21.5 Å². The van der Waals surface area contributed by atoms with Gasteiger partial charge in [0.25, 0.3) is 5.56 Å². The number of anilines is 4. The van der Waals surface area contributed by atoms with Crippen molar-refractivity contribution in [2.45, 2.75) is 22.1 Å². The molecule has 4 aromatic rings. The second kappa shape index (κ2) is 10.7. The van der Waals surface area contributed by atoms with Crippen LogP contribution in [0.5, 0.6) is 0 Å². The van der Waals surface area contributed by atoms with Crippen molar-refractivity contribution in [3.63, 3.8) is 0 Å². The van der Waals surface area contributed by atoms with E-state index in [1.165, 1.54) is 17.8 Å². The van der Waals surface area contributed by atoms with Gasteiger partial charge in [-0.1, -0.05) is 65.3 Å². The fourth-order valence-electron chi connectivity index (χ4n) is 3.87. The molecule has 8 nitrogen and oxygen atoms in total. The minimum atomic E-state index is -1.03. The molecule has 5 rings (SSSR count). The van der Waals surface area contributed by atoms with E-state index in [0.717, 1.165) is 9.79 Å². The SMILES string of the molecule is O=C1C[C@H](C(=O)Nc2ccccc2Sc2ccccc2)c2c(nc(Nc3ccc(Cl)cc3Cl)[nH]c2=O)N1. The average Bonchev–Trinajstić information content (AvgIpc) is 2.87. The lowest BCUT2D eigenvalue weighted by atomic mass is 9.92. The Morgan fingerprint density at radius 2 is 1.73 bits per heavy atom. The molecule has 2 amide bonds. The number of aromatic nitrogens is 2. The molecule has 0 radical (unpaired) electrons. The molecule has 37 heavy (non-hydrogen) atoms. The minimum Gasteiger partial charge on any atom is -0.325 e. The second-order valence-corrected chi connectivity index (χ2v) is 10.1. The Balaban J connectivity index is 1.42. The van der Waals surface area contributed by atoms with E-state index < -0.39 is 23.3 Å². The van der Waals surface area contributed by atoms with Crippen molar-refractivity contribution in [2.24, 2.45) is 0 Å². The predicted molar refractivity (Wildman–Crippen MR) is 146 cm³/mol. The number of carbonyl (C=O) groups excluding carboxylic acids is 2. The van der Waals surface area contributed by atoms with Gasteiger partial charge in [0.2, 0.25) is 17.8 Å². The molecule has 1 atom stereocenters. The molecule has 1 aliphatic heterocycles. The Kier molecular flexibility index (Phi) is 7.18. The molecule has 11 heteroatoms. The monoisotopic (exact) mass is 551 g/mol. The number of fused-ring (bicyclic) bond motifs is 1. The lowest BCUT2D eigenvalue weighted by molar-refractivity contribution is -0.123. The van der Waals surface area contributed by atoms with E-state index in [-0.39, 0.29) is 23.8 Å². The van der Waals surface area contributed by atoms with Crippen LogP contribution in [0, 0.1) is 0 Å². The van der Waals surface area contributed by atoms with Crippen molar-refractivity contribution in [3.8, 4) is 0 Å². The van der Waals surface area contributed by atoms with Gasteiger partial charge in [0.1, 0.15) is 5.82 Å². The van der Waals surface area contributed by atoms with Gasteiger partial charge >= 0.3 is 0 Å². The molecule has 0 unspecified atom stereocenters. The van der Waals surface area contributed by atoms with E-state index in [4.69, 9.17) is 23.2 Å². The maximum Gasteiger partial charge on any atom is 0.258 e. The Morgan fingerprint density at radius 3 is 2.51 bits per heavy atom. The Bertz CT molecular complexity index is 1560. The van der Waals surface area contributed by atoms with Crippen molar-refractivity contribution in [1.29, 1.82) is 0 Å². The number of benzene rings is 3. The number of nitrogens with zero attached hydrogens (tertiary/aromatic N) is 1. The number of amides is 2. The number of nitrogens with one attached hydrogen (secondary N) is 4. The Labute approximate surface area is 225 Å². The zero-order valence-corrected chi connectivity index (χ0v) is 21.4. The summed E-state index contributed by atoms with van der Waals surface area (Å²) in [5, 5.41) is 9.17. The summed E-state index contributed by atoms with van der Waals surface area (Å²) in [4.78, 5) is 47.7. The quantitative estimate of drug-likeness (QED) is 0.232. The first-order chi connectivity index (χ1) is 17.9. The van der Waals surface area contributed by atoms with Gasteiger partial charge in [0.05, 0.1) is 27.9 Å². The predicted octanol–water partition coefficient (Wildman–Crippen LogP) is 6.04. The second-order valence-electron chi connectivity index (χ2n) is 8.13. The van der Waals surface area contributed by atoms with Crippen molar-refractivity contribution in [2.75, 3.05) is 16.0 Å². The summed E-state index contributed by atoms with van der Waals surface area (Å²) in [5.41, 5.74) is 0.565. The summed E-state index contributed by atoms with van der Waals surface area (Å²) in [7, 11) is 0. The van der Waals surface area contributed by atoms with Crippen LogP contribution in [-0.4, -0.2) is 21.8 Å². The third-order valence-corrected chi connectivity index (χ3v) is 7.20. The number of aromatic amines is 1. The van der Waals surface area contributed by atoms with Crippen LogP contribution in [0.2, 0.25) is 10.0 Å². The largest absolute Gasteiger partial charge is 0.325 e. The van der Waals surface area contributed by atoms with Crippen molar-refractivity contribution < 1.29 is 9.59 Å². The highest BCUT2D eigenvalue weighted by molar-refractivity contribution is 7.99. The van der Waals surface area contributed by atoms with Gasteiger partial charge < -0.3 is 16.0 Å². The lowest BCUT2D eigenvalue weighted by Gasteiger charge is -2.24. The zero-order chi connectivity index (χ0) is 25.9. The summed E-state index contributed by atoms with van der Waals surface area (Å²) in [6.45, 7) is 0. The maximum atomic E-state index is 13.4. The Hall–Kier alpha value is -3.79. The summed E-state index contributed by atoms with van der Waals surface area (Å²) in [6, 6.07) is 21.9. The van der Waals surface area contributed by atoms with E-state index in [1.807, 2.05) is 42.5 Å². The number of rotatable bonds is 6. The fourth-order valence-corrected chi connectivity index (χ4v) is 5.25. The van der Waals surface area contributed by atoms with Gasteiger partial charge in [0.15, 0.2) is 0 Å². The standard InChI is InChI=1S/C26H19Cl2N5O3S/c27-14-10-11-18(17(28)12-14)30-26-32-23-22(25(36)33-26)16(13-21(34)31-23)24(35)29-19-8-4-5-9-20(19)37-15-6-2-1-3-7-15/h1-12,16H,13H2,(H,29,35)(H3,30,31,32,33,34,36)/t16-/m0/s1. The van der Waals surface area contributed by atoms with E-state index in [1.54, 1.807) is 24.3 Å². The van der Waals surface area contributed by atoms with Gasteiger partial charge in [0, 0.05) is 21.2 Å². The molecule has 0 saturated heterocycles. The molecule has 0 bridgehead atoms. The molecule has 0 aliphatic carbocycles. The lowest BCUT2D eigenvalue weighted by Crippen LogP contribution is -2.36. The van der Waals surface area contributed by atoms with E-state index in [0.29, 0.717) is 21.4 Å². The highest BCUT2D eigenvalue weighted by atomic mass is 35.5. The van der Waals surface area contributed by atoms with Gasteiger partial charge in [-0.3, -0.25) is 19.4 Å². The van der Waals surface area contributed by atoms with Crippen molar-refractivity contribution >= 4 is 69.9 Å². The van der Waals surface area contributed by atoms with Gasteiger partial charge in [-0.2, -0.15) is 4.98 Å². The summed E-state index contributed by atoms with van der Waals surface area (Å²) in [6.07, 6.45) is -0.187. The molecule has 3 aromatic carbocycles. The number of carbonyl (C=O) groups is 2. The van der Waals surface area contributed by atoms with Crippen LogP contribution in [0.1, 0.15) is 17.9 Å². The Morgan fingerprint density at radius 1 is 0.973 bits per heavy atom. The first-order valence-corrected chi connectivity index (χ1v) is 12.7. The van der Waals surface area contributed by atoms with E-state index in [2.05, 4.69) is 25.9 Å². The summed E-state index contributed by atoms with van der Waals surface area (Å²) in [5.74, 6) is -1.86. The molecular formula is C26H19Cl2N5O3S. The van der Waals surface area contributed by atoms with E-state index >= 15 is 0 Å². The van der Waals surface area contributed by atoms with Gasteiger partial charge in [-0.05, 0) is 42.5 Å². The third kappa shape index (κ3) is 5.64. The van der Waals surface area contributed by atoms with Crippen LogP contribution in [0.15, 0.2) is 87.4 Å². The number of H-pyrrole nitrogens is 1. The van der Waals surface area contributed by atoms with Crippen LogP contribution in [0.25, 0.3) is 0 Å². The maximum absolute atomic E-state index is 13.4. The molecule has 0 spiro atoms. The van der Waals surface area contributed by atoms with Crippen LogP contribution in [0.4, 0.5) is 23.1 Å². The first-order valence-electron chi connectivity index (χ1n) is 11.2. The number of para-hydroxylation sites is 1. The van der Waals surface area contributed by atoms with Gasteiger partial charge in [-0.25, -0.2) is 0 Å². The zero-order valence-electron chi connectivity index (χ0n) is 19.0. The average molecular weight is 552 g/mol. The third-order valence-electron chi connectivity index (χ3n) is 5.57. The molecule has 0 saturated carbocycles. The highest BCUT2D eigenvalue weighted by Gasteiger charge is 2.35. The molecule has 1 aliphatic rings. The molecule has 2 heterocycles. The first kappa shape index (κ1) is 24.9. The number of halogens is 2. The number of hydrogen-bond donors (Lipinski definition) is 4.